The van der Waals surface area contributed by atoms with Crippen molar-refractivity contribution in [1.29, 1.82) is 0 Å². The Labute approximate surface area is 127 Å². The molecule has 0 unspecified atom stereocenters. The number of primary amides is 1. The number of hydrogen-bond donors (Lipinski definition) is 2. The molecule has 0 spiro atoms. The number of alkyl carbamates (subject to hydrolysis) is 1. The Bertz CT molecular complexity index is 604. The Hall–Kier alpha value is -3.02. The first-order valence-electron chi connectivity index (χ1n) is 6.58. The van der Waals surface area contributed by atoms with Crippen molar-refractivity contribution in [3.8, 4) is 0 Å². The molecule has 3 N–H and O–H groups in total. The van der Waals surface area contributed by atoms with Gasteiger partial charge in [0.05, 0.1) is 0 Å². The van der Waals surface area contributed by atoms with Crippen LogP contribution < -0.4 is 11.1 Å². The minimum atomic E-state index is -1.76. The monoisotopic (exact) mass is 300 g/mol. The summed E-state index contributed by atoms with van der Waals surface area (Å²) < 4.78 is 10.6. The van der Waals surface area contributed by atoms with Gasteiger partial charge in [0.15, 0.2) is 0 Å². The number of carbonyl (C=O) groups excluding carboxylic acids is 2. The molecule has 6 nitrogen and oxygen atoms in total. The lowest BCUT2D eigenvalue weighted by atomic mass is 9.97. The Kier molecular flexibility index (Phi) is 4.63. The van der Waals surface area contributed by atoms with Crippen LogP contribution in [0.15, 0.2) is 60.7 Å². The molecule has 0 radical (unpaired) electrons. The van der Waals surface area contributed by atoms with Gasteiger partial charge in [-0.1, -0.05) is 60.7 Å². The van der Waals surface area contributed by atoms with Gasteiger partial charge < -0.3 is 20.5 Å². The summed E-state index contributed by atoms with van der Waals surface area (Å²) in [7, 11) is 1.41. The topological polar surface area (TPSA) is 90.7 Å². The Morgan fingerprint density at radius 1 is 0.909 bits per heavy atom. The van der Waals surface area contributed by atoms with Crippen molar-refractivity contribution in [3.05, 3.63) is 71.8 Å². The molecule has 0 saturated carbocycles. The Morgan fingerprint density at radius 3 is 1.73 bits per heavy atom. The summed E-state index contributed by atoms with van der Waals surface area (Å²) in [6, 6.07) is 17.3. The first-order valence-corrected chi connectivity index (χ1v) is 6.58. The molecule has 0 heterocycles. The predicted molar refractivity (Wildman–Crippen MR) is 79.9 cm³/mol. The predicted octanol–water partition coefficient (Wildman–Crippen LogP) is 2.34. The molecule has 0 bridgehead atoms. The molecule has 2 aromatic carbocycles. The molecule has 0 aliphatic heterocycles. The fourth-order valence-corrected chi connectivity index (χ4v) is 2.06. The van der Waals surface area contributed by atoms with E-state index < -0.39 is 18.0 Å². The van der Waals surface area contributed by atoms with E-state index in [2.05, 4.69) is 5.32 Å². The summed E-state index contributed by atoms with van der Waals surface area (Å²) >= 11 is 0. The lowest BCUT2D eigenvalue weighted by molar-refractivity contribution is -0.136. The lowest BCUT2D eigenvalue weighted by Crippen LogP contribution is -2.42. The smallest absolute Gasteiger partial charge is 0.397 e. The van der Waals surface area contributed by atoms with Gasteiger partial charge in [-0.3, -0.25) is 0 Å². The number of ether oxygens (including phenoxy) is 2. The van der Waals surface area contributed by atoms with Gasteiger partial charge in [-0.15, -0.1) is 0 Å². The van der Waals surface area contributed by atoms with E-state index in [1.54, 1.807) is 60.7 Å². The van der Waals surface area contributed by atoms with Crippen LogP contribution in [-0.4, -0.2) is 19.2 Å². The molecule has 0 aliphatic rings. The molecule has 6 heteroatoms. The highest BCUT2D eigenvalue weighted by Crippen LogP contribution is 2.35. The van der Waals surface area contributed by atoms with Crippen LogP contribution in [0.5, 0.6) is 0 Å². The van der Waals surface area contributed by atoms with Crippen LogP contribution in [0.2, 0.25) is 0 Å². The minimum absolute atomic E-state index is 0.462. The van der Waals surface area contributed by atoms with Crippen LogP contribution in [0, 0.1) is 0 Å². The fourth-order valence-electron chi connectivity index (χ4n) is 2.06. The maximum atomic E-state index is 11.8. The van der Waals surface area contributed by atoms with E-state index in [0.717, 1.165) is 0 Å². The molecule has 0 fully saturated rings. The van der Waals surface area contributed by atoms with Crippen molar-refractivity contribution in [1.82, 2.24) is 5.32 Å². The fraction of sp³-hybridized carbons (Fsp3) is 0.125. The molecular formula is C16H16N2O4. The lowest BCUT2D eigenvalue weighted by Gasteiger charge is -2.32. The zero-order valence-corrected chi connectivity index (χ0v) is 12.0. The van der Waals surface area contributed by atoms with Crippen LogP contribution in [-0.2, 0) is 15.3 Å². The first-order chi connectivity index (χ1) is 10.6. The van der Waals surface area contributed by atoms with Crippen molar-refractivity contribution in [3.63, 3.8) is 0 Å². The summed E-state index contributed by atoms with van der Waals surface area (Å²) in [5, 5.41) is 2.34. The standard InChI is InChI=1S/C16H16N2O4/c1-18-15(20)22-16(21-14(17)19,12-8-4-2-5-9-12)13-10-6-3-7-11-13/h2-11H,1H3,(H2,17,19)(H,18,20). The van der Waals surface area contributed by atoms with Gasteiger partial charge in [0.2, 0.25) is 0 Å². The first kappa shape index (κ1) is 15.4. The highest BCUT2D eigenvalue weighted by Gasteiger charge is 2.42. The second-order valence-corrected chi connectivity index (χ2v) is 4.41. The van der Waals surface area contributed by atoms with E-state index in [9.17, 15) is 9.59 Å². The highest BCUT2D eigenvalue weighted by molar-refractivity contribution is 5.70. The average Bonchev–Trinajstić information content (AvgIpc) is 2.55. The van der Waals surface area contributed by atoms with Crippen molar-refractivity contribution < 1.29 is 19.1 Å². The number of rotatable bonds is 4. The number of nitrogens with two attached hydrogens (primary N) is 1. The van der Waals surface area contributed by atoms with E-state index in [-0.39, 0.29) is 0 Å². The van der Waals surface area contributed by atoms with E-state index >= 15 is 0 Å². The van der Waals surface area contributed by atoms with Crippen LogP contribution in [0.4, 0.5) is 9.59 Å². The molecule has 2 aromatic rings. The van der Waals surface area contributed by atoms with Gasteiger partial charge in [-0.2, -0.15) is 0 Å². The molecule has 0 atom stereocenters. The normalized spacial score (nSPS) is 10.6. The number of nitrogens with one attached hydrogen (secondary N) is 1. The third-order valence-corrected chi connectivity index (χ3v) is 2.99. The molecule has 0 saturated heterocycles. The van der Waals surface area contributed by atoms with Gasteiger partial charge in [-0.05, 0) is 0 Å². The summed E-state index contributed by atoms with van der Waals surface area (Å²) in [4.78, 5) is 23.2. The third kappa shape index (κ3) is 3.17. The number of benzene rings is 2. The second kappa shape index (κ2) is 6.62. The number of hydrogen-bond acceptors (Lipinski definition) is 4. The second-order valence-electron chi connectivity index (χ2n) is 4.41. The highest BCUT2D eigenvalue weighted by atomic mass is 16.7. The average molecular weight is 300 g/mol. The molecule has 0 aliphatic carbocycles. The van der Waals surface area contributed by atoms with Crippen molar-refractivity contribution in [2.45, 2.75) is 5.79 Å². The summed E-state index contributed by atoms with van der Waals surface area (Å²) in [6.07, 6.45) is -1.81. The summed E-state index contributed by atoms with van der Waals surface area (Å²) in [5.41, 5.74) is 6.12. The summed E-state index contributed by atoms with van der Waals surface area (Å²) in [6.45, 7) is 0. The Balaban J connectivity index is 2.63. The SMILES string of the molecule is CNC(=O)OC(OC(N)=O)(c1ccccc1)c1ccccc1. The zero-order chi connectivity index (χ0) is 16.0. The third-order valence-electron chi connectivity index (χ3n) is 2.99. The van der Waals surface area contributed by atoms with Crippen LogP contribution in [0.25, 0.3) is 0 Å². The minimum Gasteiger partial charge on any atom is -0.397 e. The molecule has 2 rings (SSSR count). The van der Waals surface area contributed by atoms with Gasteiger partial charge in [0.25, 0.3) is 0 Å². The van der Waals surface area contributed by atoms with Gasteiger partial charge in [0, 0.05) is 18.2 Å². The molecule has 114 valence electrons. The molecule has 0 aromatic heterocycles. The van der Waals surface area contributed by atoms with Crippen LogP contribution in [0.3, 0.4) is 0 Å². The van der Waals surface area contributed by atoms with Crippen molar-refractivity contribution in [2.24, 2.45) is 5.73 Å². The molecule has 2 amide bonds. The Morgan fingerprint density at radius 2 is 1.36 bits per heavy atom. The van der Waals surface area contributed by atoms with E-state index in [4.69, 9.17) is 15.2 Å². The van der Waals surface area contributed by atoms with E-state index in [0.29, 0.717) is 11.1 Å². The number of carbonyl (C=O) groups is 2. The molecule has 22 heavy (non-hydrogen) atoms. The van der Waals surface area contributed by atoms with E-state index in [1.807, 2.05) is 0 Å². The number of amides is 2. The maximum Gasteiger partial charge on any atom is 0.410 e. The van der Waals surface area contributed by atoms with Gasteiger partial charge in [-0.25, -0.2) is 9.59 Å². The van der Waals surface area contributed by atoms with Crippen LogP contribution in [0.1, 0.15) is 11.1 Å². The quantitative estimate of drug-likeness (QED) is 0.848. The zero-order valence-electron chi connectivity index (χ0n) is 12.0. The van der Waals surface area contributed by atoms with Gasteiger partial charge in [0.1, 0.15) is 0 Å². The van der Waals surface area contributed by atoms with Gasteiger partial charge >= 0.3 is 18.0 Å². The van der Waals surface area contributed by atoms with Crippen molar-refractivity contribution >= 4 is 12.2 Å². The van der Waals surface area contributed by atoms with Crippen molar-refractivity contribution in [2.75, 3.05) is 7.05 Å². The van der Waals surface area contributed by atoms with E-state index in [1.165, 1.54) is 7.05 Å². The molecular weight excluding hydrogens is 284 g/mol. The van der Waals surface area contributed by atoms with Crippen LogP contribution >= 0.6 is 0 Å². The maximum absolute atomic E-state index is 11.8. The largest absolute Gasteiger partial charge is 0.410 e. The summed E-state index contributed by atoms with van der Waals surface area (Å²) in [5.74, 6) is -1.76.